The van der Waals surface area contributed by atoms with Crippen molar-refractivity contribution in [3.05, 3.63) is 107 Å². The number of carbonyl (C=O) groups excluding carboxylic acids is 1. The van der Waals surface area contributed by atoms with Crippen molar-refractivity contribution in [2.75, 3.05) is 20.3 Å². The zero-order chi connectivity index (χ0) is 23.2. The first-order valence-electron chi connectivity index (χ1n) is 10.9. The van der Waals surface area contributed by atoms with Gasteiger partial charge < -0.3 is 14.6 Å². The van der Waals surface area contributed by atoms with Crippen molar-refractivity contribution < 1.29 is 13.9 Å². The van der Waals surface area contributed by atoms with Crippen molar-refractivity contribution in [1.82, 2.24) is 9.88 Å². The molecule has 0 spiro atoms. The molecule has 6 heteroatoms. The minimum absolute atomic E-state index is 0.0487. The highest BCUT2D eigenvalue weighted by atomic mass is 35.5. The fourth-order valence-electron chi connectivity index (χ4n) is 4.15. The maximum atomic E-state index is 13.4. The van der Waals surface area contributed by atoms with E-state index in [2.05, 4.69) is 28.2 Å². The summed E-state index contributed by atoms with van der Waals surface area (Å²) in [5.74, 6) is -0.477. The summed E-state index contributed by atoms with van der Waals surface area (Å²) >= 11 is 6.31. The van der Waals surface area contributed by atoms with Crippen molar-refractivity contribution in [1.29, 1.82) is 0 Å². The van der Waals surface area contributed by atoms with Crippen LogP contribution in [-0.2, 0) is 16.1 Å². The largest absolute Gasteiger partial charge is 0.383 e. The molecule has 0 aliphatic carbocycles. The van der Waals surface area contributed by atoms with Crippen LogP contribution in [0.25, 0.3) is 10.9 Å². The second kappa shape index (κ2) is 10.6. The first-order valence-corrected chi connectivity index (χ1v) is 11.3. The predicted molar refractivity (Wildman–Crippen MR) is 130 cm³/mol. The summed E-state index contributed by atoms with van der Waals surface area (Å²) in [4.78, 5) is 12.8. The Hall–Kier alpha value is -3.15. The van der Waals surface area contributed by atoms with Gasteiger partial charge in [-0.05, 0) is 47.0 Å². The van der Waals surface area contributed by atoms with E-state index < -0.39 is 0 Å². The molecule has 0 radical (unpaired) electrons. The van der Waals surface area contributed by atoms with Crippen LogP contribution in [0.4, 0.5) is 4.39 Å². The smallest absolute Gasteiger partial charge is 0.221 e. The first kappa shape index (κ1) is 23.0. The molecule has 1 N–H and O–H groups in total. The van der Waals surface area contributed by atoms with Gasteiger partial charge in [0.05, 0.1) is 6.61 Å². The summed E-state index contributed by atoms with van der Waals surface area (Å²) in [6.07, 6.45) is 2.39. The third-order valence-electron chi connectivity index (χ3n) is 5.73. The number of halogens is 2. The summed E-state index contributed by atoms with van der Waals surface area (Å²) in [7, 11) is 1.61. The van der Waals surface area contributed by atoms with E-state index in [4.69, 9.17) is 16.3 Å². The number of para-hydroxylation sites is 1. The van der Waals surface area contributed by atoms with E-state index in [9.17, 15) is 9.18 Å². The van der Waals surface area contributed by atoms with E-state index in [1.165, 1.54) is 12.1 Å². The van der Waals surface area contributed by atoms with Gasteiger partial charge in [0.2, 0.25) is 5.91 Å². The first-order chi connectivity index (χ1) is 16.0. The molecule has 1 amide bonds. The van der Waals surface area contributed by atoms with Crippen LogP contribution >= 0.6 is 11.6 Å². The van der Waals surface area contributed by atoms with Crippen LogP contribution in [0.15, 0.2) is 79.0 Å². The van der Waals surface area contributed by atoms with Gasteiger partial charge >= 0.3 is 0 Å². The molecule has 0 saturated carbocycles. The third-order valence-corrected chi connectivity index (χ3v) is 5.97. The van der Waals surface area contributed by atoms with E-state index in [0.717, 1.165) is 27.6 Å². The number of rotatable bonds is 9. The third kappa shape index (κ3) is 5.62. The summed E-state index contributed by atoms with van der Waals surface area (Å²) in [5.41, 5.74) is 4.09. The Morgan fingerprint density at radius 3 is 2.64 bits per heavy atom. The number of nitrogens with zero attached hydrogens (tertiary/aromatic N) is 1. The Balaban J connectivity index is 1.74. The summed E-state index contributed by atoms with van der Waals surface area (Å²) in [5, 5.41) is 4.64. The van der Waals surface area contributed by atoms with Crippen LogP contribution in [0, 0.1) is 5.82 Å². The topological polar surface area (TPSA) is 43.3 Å². The van der Waals surface area contributed by atoms with E-state index in [1.807, 2.05) is 36.4 Å². The average molecular weight is 465 g/mol. The van der Waals surface area contributed by atoms with E-state index >= 15 is 0 Å². The Labute approximate surface area is 197 Å². The highest BCUT2D eigenvalue weighted by molar-refractivity contribution is 6.30. The maximum absolute atomic E-state index is 13.4. The van der Waals surface area contributed by atoms with Crippen LogP contribution in [-0.4, -0.2) is 30.7 Å². The number of nitrogens with one attached hydrogen (secondary N) is 1. The molecular formula is C27H26ClFN2O2. The standard InChI is InChI=1S/C27H26ClFN2O2/c1-33-14-13-30-27(32)16-24(20-5-4-6-21(28)15-20)25-18-31(26-8-3-2-7-23(25)26)17-19-9-11-22(29)12-10-19/h2-12,15,18,24H,13-14,16-17H2,1H3,(H,30,32)/t24-/m1/s1. The fourth-order valence-corrected chi connectivity index (χ4v) is 4.35. The predicted octanol–water partition coefficient (Wildman–Crippen LogP) is 5.77. The number of benzene rings is 3. The summed E-state index contributed by atoms with van der Waals surface area (Å²) < 4.78 is 20.6. The minimum atomic E-state index is -0.252. The molecule has 0 aliphatic heterocycles. The molecule has 3 aromatic carbocycles. The molecule has 1 aromatic heterocycles. The van der Waals surface area contributed by atoms with Gasteiger partial charge in [0.25, 0.3) is 0 Å². The lowest BCUT2D eigenvalue weighted by molar-refractivity contribution is -0.121. The van der Waals surface area contributed by atoms with Crippen LogP contribution in [0.1, 0.15) is 29.0 Å². The van der Waals surface area contributed by atoms with Crippen molar-refractivity contribution in [2.24, 2.45) is 0 Å². The van der Waals surface area contributed by atoms with Gasteiger partial charge in [0.1, 0.15) is 5.82 Å². The van der Waals surface area contributed by atoms with Gasteiger partial charge in [-0.15, -0.1) is 0 Å². The highest BCUT2D eigenvalue weighted by Crippen LogP contribution is 2.36. The van der Waals surface area contributed by atoms with Gasteiger partial charge in [-0.2, -0.15) is 0 Å². The Morgan fingerprint density at radius 1 is 1.09 bits per heavy atom. The van der Waals surface area contributed by atoms with Crippen molar-refractivity contribution in [3.8, 4) is 0 Å². The average Bonchev–Trinajstić information content (AvgIpc) is 3.17. The Morgan fingerprint density at radius 2 is 1.88 bits per heavy atom. The lowest BCUT2D eigenvalue weighted by Crippen LogP contribution is -2.28. The fraction of sp³-hybridized carbons (Fsp3) is 0.222. The lowest BCUT2D eigenvalue weighted by Gasteiger charge is -2.17. The number of amides is 1. The number of carbonyl (C=O) groups is 1. The number of methoxy groups -OCH3 is 1. The lowest BCUT2D eigenvalue weighted by atomic mass is 9.88. The zero-order valence-electron chi connectivity index (χ0n) is 18.4. The second-order valence-electron chi connectivity index (χ2n) is 8.01. The zero-order valence-corrected chi connectivity index (χ0v) is 19.2. The molecule has 4 nitrogen and oxygen atoms in total. The van der Waals surface area contributed by atoms with Crippen molar-refractivity contribution >= 4 is 28.4 Å². The quantitative estimate of drug-likeness (QED) is 0.320. The molecule has 1 atom stereocenters. The van der Waals surface area contributed by atoms with Gasteiger partial charge in [-0.25, -0.2) is 4.39 Å². The van der Waals surface area contributed by atoms with Crippen LogP contribution < -0.4 is 5.32 Å². The number of hydrogen-bond acceptors (Lipinski definition) is 2. The normalized spacial score (nSPS) is 12.1. The number of aromatic nitrogens is 1. The Bertz CT molecular complexity index is 1240. The van der Waals surface area contributed by atoms with Crippen LogP contribution in [0.5, 0.6) is 0 Å². The number of fused-ring (bicyclic) bond motifs is 1. The molecule has 4 rings (SSSR count). The SMILES string of the molecule is COCCNC(=O)C[C@H](c1cccc(Cl)c1)c1cn(Cc2ccc(F)cc2)c2ccccc12. The molecular weight excluding hydrogens is 439 g/mol. The Kier molecular flexibility index (Phi) is 7.43. The maximum Gasteiger partial charge on any atom is 0.221 e. The molecule has 0 fully saturated rings. The van der Waals surface area contributed by atoms with Gasteiger partial charge in [-0.3, -0.25) is 4.79 Å². The van der Waals surface area contributed by atoms with Crippen LogP contribution in [0.3, 0.4) is 0 Å². The van der Waals surface area contributed by atoms with E-state index in [0.29, 0.717) is 24.7 Å². The molecule has 33 heavy (non-hydrogen) atoms. The van der Waals surface area contributed by atoms with Crippen molar-refractivity contribution in [3.63, 3.8) is 0 Å². The number of ether oxygens (including phenoxy) is 1. The summed E-state index contributed by atoms with van der Waals surface area (Å²) in [6, 6.07) is 22.3. The summed E-state index contributed by atoms with van der Waals surface area (Å²) in [6.45, 7) is 1.53. The molecule has 0 unspecified atom stereocenters. The van der Waals surface area contributed by atoms with E-state index in [1.54, 1.807) is 19.2 Å². The molecule has 0 aliphatic rings. The molecule has 170 valence electrons. The number of hydrogen-bond donors (Lipinski definition) is 1. The minimum Gasteiger partial charge on any atom is -0.383 e. The second-order valence-corrected chi connectivity index (χ2v) is 8.45. The molecule has 1 heterocycles. The monoisotopic (exact) mass is 464 g/mol. The van der Waals surface area contributed by atoms with E-state index in [-0.39, 0.29) is 24.1 Å². The van der Waals surface area contributed by atoms with Gasteiger partial charge in [0, 0.05) is 54.7 Å². The molecule has 0 bridgehead atoms. The van der Waals surface area contributed by atoms with Gasteiger partial charge in [0.15, 0.2) is 0 Å². The highest BCUT2D eigenvalue weighted by Gasteiger charge is 2.23. The van der Waals surface area contributed by atoms with Crippen molar-refractivity contribution in [2.45, 2.75) is 18.9 Å². The van der Waals surface area contributed by atoms with Gasteiger partial charge in [-0.1, -0.05) is 54.1 Å². The van der Waals surface area contributed by atoms with Crippen LogP contribution in [0.2, 0.25) is 5.02 Å². The molecule has 0 saturated heterocycles. The molecule has 4 aromatic rings.